The molecule has 0 N–H and O–H groups in total. The Morgan fingerprint density at radius 1 is 1.30 bits per heavy atom. The number of ether oxygens (including phenoxy) is 3. The molecule has 23 heavy (non-hydrogen) atoms. The van der Waals surface area contributed by atoms with Crippen molar-refractivity contribution in [2.24, 2.45) is 4.99 Å². The Kier molecular flexibility index (Phi) is 4.43. The average molecular weight is 329 g/mol. The summed E-state index contributed by atoms with van der Waals surface area (Å²) in [4.78, 5) is 17.2. The second kappa shape index (κ2) is 6.66. The Labute approximate surface area is 137 Å². The monoisotopic (exact) mass is 329 g/mol. The molecule has 1 aliphatic rings. The molecule has 3 rings (SSSR count). The number of rotatable bonds is 5. The SMILES string of the molecule is CCOc1ccc(C2=N/C(=C/c3cccs3)C(=O)O2)cc1OC. The zero-order valence-electron chi connectivity index (χ0n) is 12.7. The van der Waals surface area contributed by atoms with Gasteiger partial charge in [-0.15, -0.1) is 11.3 Å². The van der Waals surface area contributed by atoms with Crippen molar-refractivity contribution in [2.75, 3.05) is 13.7 Å². The summed E-state index contributed by atoms with van der Waals surface area (Å²) in [6, 6.07) is 9.13. The van der Waals surface area contributed by atoms with Crippen molar-refractivity contribution in [2.45, 2.75) is 6.92 Å². The van der Waals surface area contributed by atoms with Gasteiger partial charge in [0.2, 0.25) is 5.90 Å². The fourth-order valence-corrected chi connectivity index (χ4v) is 2.77. The van der Waals surface area contributed by atoms with Gasteiger partial charge in [-0.3, -0.25) is 0 Å². The van der Waals surface area contributed by atoms with Gasteiger partial charge in [-0.1, -0.05) is 6.07 Å². The summed E-state index contributed by atoms with van der Waals surface area (Å²) in [5, 5.41) is 1.94. The van der Waals surface area contributed by atoms with Crippen LogP contribution in [0.5, 0.6) is 11.5 Å². The summed E-state index contributed by atoms with van der Waals surface area (Å²) in [6.07, 6.45) is 1.71. The summed E-state index contributed by atoms with van der Waals surface area (Å²) in [7, 11) is 1.56. The lowest BCUT2D eigenvalue weighted by Crippen LogP contribution is -2.06. The first-order valence-electron chi connectivity index (χ1n) is 7.08. The van der Waals surface area contributed by atoms with E-state index in [2.05, 4.69) is 4.99 Å². The van der Waals surface area contributed by atoms with Crippen molar-refractivity contribution in [3.8, 4) is 11.5 Å². The lowest BCUT2D eigenvalue weighted by atomic mass is 10.2. The van der Waals surface area contributed by atoms with Crippen LogP contribution in [0, 0.1) is 0 Å². The van der Waals surface area contributed by atoms with Gasteiger partial charge in [-0.05, 0) is 42.6 Å². The number of benzene rings is 1. The highest BCUT2D eigenvalue weighted by Crippen LogP contribution is 2.30. The number of esters is 1. The van der Waals surface area contributed by atoms with Gasteiger partial charge in [-0.2, -0.15) is 0 Å². The van der Waals surface area contributed by atoms with Crippen LogP contribution < -0.4 is 9.47 Å². The molecular weight excluding hydrogens is 314 g/mol. The molecular formula is C17H15NO4S. The molecule has 1 aromatic heterocycles. The molecule has 0 fully saturated rings. The zero-order valence-corrected chi connectivity index (χ0v) is 13.6. The lowest BCUT2D eigenvalue weighted by Gasteiger charge is -2.10. The van der Waals surface area contributed by atoms with Gasteiger partial charge in [0.05, 0.1) is 13.7 Å². The van der Waals surface area contributed by atoms with Crippen LogP contribution in [0.15, 0.2) is 46.4 Å². The average Bonchev–Trinajstić information content (AvgIpc) is 3.19. The minimum absolute atomic E-state index is 0.263. The van der Waals surface area contributed by atoms with Gasteiger partial charge in [0.15, 0.2) is 17.2 Å². The molecule has 5 nitrogen and oxygen atoms in total. The number of aliphatic imine (C=N–C) groups is 1. The first-order valence-corrected chi connectivity index (χ1v) is 7.96. The maximum atomic E-state index is 12.0. The zero-order chi connectivity index (χ0) is 16.2. The van der Waals surface area contributed by atoms with Gasteiger partial charge in [0.25, 0.3) is 0 Å². The van der Waals surface area contributed by atoms with Crippen LogP contribution in [0.1, 0.15) is 17.4 Å². The van der Waals surface area contributed by atoms with Crippen LogP contribution in [0.3, 0.4) is 0 Å². The Balaban J connectivity index is 1.91. The van der Waals surface area contributed by atoms with E-state index in [9.17, 15) is 4.79 Å². The van der Waals surface area contributed by atoms with Crippen molar-refractivity contribution < 1.29 is 19.0 Å². The molecule has 0 saturated carbocycles. The van der Waals surface area contributed by atoms with Gasteiger partial charge in [0.1, 0.15) is 0 Å². The molecule has 6 heteroatoms. The Morgan fingerprint density at radius 3 is 2.87 bits per heavy atom. The quantitative estimate of drug-likeness (QED) is 0.622. The molecule has 0 radical (unpaired) electrons. The number of cyclic esters (lactones) is 1. The van der Waals surface area contributed by atoms with Crippen molar-refractivity contribution in [1.29, 1.82) is 0 Å². The fraction of sp³-hybridized carbons (Fsp3) is 0.176. The molecule has 2 heterocycles. The third kappa shape index (κ3) is 3.27. The normalized spacial score (nSPS) is 15.5. The number of hydrogen-bond donors (Lipinski definition) is 0. The second-order valence-electron chi connectivity index (χ2n) is 4.65. The van der Waals surface area contributed by atoms with Gasteiger partial charge < -0.3 is 14.2 Å². The van der Waals surface area contributed by atoms with Crippen LogP contribution >= 0.6 is 11.3 Å². The van der Waals surface area contributed by atoms with Crippen molar-refractivity contribution >= 4 is 29.3 Å². The van der Waals surface area contributed by atoms with Crippen molar-refractivity contribution in [3.05, 3.63) is 51.8 Å². The van der Waals surface area contributed by atoms with E-state index in [-0.39, 0.29) is 11.6 Å². The summed E-state index contributed by atoms with van der Waals surface area (Å²) in [5.74, 6) is 1.01. The first-order chi connectivity index (χ1) is 11.2. The van der Waals surface area contributed by atoms with Gasteiger partial charge in [0, 0.05) is 10.4 Å². The van der Waals surface area contributed by atoms with Crippen LogP contribution in [0.25, 0.3) is 6.08 Å². The highest BCUT2D eigenvalue weighted by Gasteiger charge is 2.25. The number of carbonyl (C=O) groups excluding carboxylic acids is 1. The molecule has 1 aromatic carbocycles. The van der Waals surface area contributed by atoms with E-state index in [4.69, 9.17) is 14.2 Å². The predicted molar refractivity (Wildman–Crippen MR) is 89.1 cm³/mol. The van der Waals surface area contributed by atoms with Gasteiger partial charge in [-0.25, -0.2) is 9.79 Å². The predicted octanol–water partition coefficient (Wildman–Crippen LogP) is 3.50. The molecule has 2 aromatic rings. The van der Waals surface area contributed by atoms with E-state index < -0.39 is 5.97 Å². The van der Waals surface area contributed by atoms with Crippen molar-refractivity contribution in [3.63, 3.8) is 0 Å². The maximum Gasteiger partial charge on any atom is 0.363 e. The van der Waals surface area contributed by atoms with E-state index in [1.54, 1.807) is 31.4 Å². The fourth-order valence-electron chi connectivity index (χ4n) is 2.12. The number of nitrogens with zero attached hydrogens (tertiary/aromatic N) is 1. The van der Waals surface area contributed by atoms with E-state index in [1.165, 1.54) is 11.3 Å². The minimum atomic E-state index is -0.457. The third-order valence-corrected chi connectivity index (χ3v) is 3.97. The first kappa shape index (κ1) is 15.3. The second-order valence-corrected chi connectivity index (χ2v) is 5.63. The third-order valence-electron chi connectivity index (χ3n) is 3.15. The molecule has 0 aliphatic carbocycles. The molecule has 0 saturated heterocycles. The summed E-state index contributed by atoms with van der Waals surface area (Å²) in [6.45, 7) is 2.44. The number of hydrogen-bond acceptors (Lipinski definition) is 6. The van der Waals surface area contributed by atoms with E-state index in [1.807, 2.05) is 24.4 Å². The molecule has 0 spiro atoms. The van der Waals surface area contributed by atoms with Crippen LogP contribution in [-0.2, 0) is 9.53 Å². The number of carbonyl (C=O) groups is 1. The van der Waals surface area contributed by atoms with E-state index in [0.717, 1.165) is 4.88 Å². The largest absolute Gasteiger partial charge is 0.493 e. The summed E-state index contributed by atoms with van der Waals surface area (Å²) < 4.78 is 16.0. The highest BCUT2D eigenvalue weighted by molar-refractivity contribution is 7.10. The van der Waals surface area contributed by atoms with Crippen LogP contribution in [0.4, 0.5) is 0 Å². The molecule has 1 aliphatic heterocycles. The molecule has 0 bridgehead atoms. The van der Waals surface area contributed by atoms with Crippen LogP contribution in [-0.4, -0.2) is 25.6 Å². The van der Waals surface area contributed by atoms with Crippen LogP contribution in [0.2, 0.25) is 0 Å². The topological polar surface area (TPSA) is 57.1 Å². The Hall–Kier alpha value is -2.60. The van der Waals surface area contributed by atoms with Gasteiger partial charge >= 0.3 is 5.97 Å². The molecule has 0 atom stereocenters. The Bertz CT molecular complexity index is 778. The maximum absolute atomic E-state index is 12.0. The molecule has 0 unspecified atom stereocenters. The lowest BCUT2D eigenvalue weighted by molar-refractivity contribution is -0.129. The summed E-state index contributed by atoms with van der Waals surface area (Å²) >= 11 is 1.53. The smallest absolute Gasteiger partial charge is 0.363 e. The van der Waals surface area contributed by atoms with E-state index >= 15 is 0 Å². The summed E-state index contributed by atoms with van der Waals surface area (Å²) in [5.41, 5.74) is 0.948. The highest BCUT2D eigenvalue weighted by atomic mass is 32.1. The molecule has 118 valence electrons. The van der Waals surface area contributed by atoms with Crippen molar-refractivity contribution in [1.82, 2.24) is 0 Å². The molecule has 0 amide bonds. The number of thiophene rings is 1. The minimum Gasteiger partial charge on any atom is -0.493 e. The Morgan fingerprint density at radius 2 is 2.17 bits per heavy atom. The number of methoxy groups -OCH3 is 1. The standard InChI is InChI=1S/C17H15NO4S/c1-3-21-14-7-6-11(9-15(14)20-2)16-18-13(17(19)22-16)10-12-5-4-8-23-12/h4-10H,3H2,1-2H3/b13-10+. The van der Waals surface area contributed by atoms with E-state index in [0.29, 0.717) is 23.7 Å².